The van der Waals surface area contributed by atoms with E-state index in [0.29, 0.717) is 19.8 Å². The largest absolute Gasteiger partial charge is 0.380 e. The van der Waals surface area contributed by atoms with E-state index in [2.05, 4.69) is 5.32 Å². The zero-order chi connectivity index (χ0) is 12.7. The van der Waals surface area contributed by atoms with Crippen molar-refractivity contribution in [2.24, 2.45) is 0 Å². The van der Waals surface area contributed by atoms with Gasteiger partial charge in [0.1, 0.15) is 5.82 Å². The number of ether oxygens (including phenoxy) is 2. The van der Waals surface area contributed by atoms with E-state index in [4.69, 9.17) is 21.1 Å². The van der Waals surface area contributed by atoms with E-state index in [1.807, 2.05) is 13.8 Å². The lowest BCUT2D eigenvalue weighted by Crippen LogP contribution is -2.26. The average Bonchev–Trinajstić information content (AvgIpc) is 2.31. The first-order valence-corrected chi connectivity index (χ1v) is 5.97. The van der Waals surface area contributed by atoms with Crippen LogP contribution in [-0.2, 0) is 9.47 Å². The minimum absolute atomic E-state index is 0.0966. The number of halogens is 2. The summed E-state index contributed by atoms with van der Waals surface area (Å²) in [5.41, 5.74) is 0.737. The summed E-state index contributed by atoms with van der Waals surface area (Å²) >= 11 is 5.67. The maximum atomic E-state index is 12.9. The summed E-state index contributed by atoms with van der Waals surface area (Å²) in [5.74, 6) is -0.427. The highest BCUT2D eigenvalue weighted by atomic mass is 35.5. The van der Waals surface area contributed by atoms with E-state index in [1.165, 1.54) is 12.1 Å². The summed E-state index contributed by atoms with van der Waals surface area (Å²) < 4.78 is 23.7. The van der Waals surface area contributed by atoms with Gasteiger partial charge in [0, 0.05) is 18.9 Å². The van der Waals surface area contributed by atoms with Crippen molar-refractivity contribution >= 4 is 17.3 Å². The highest BCUT2D eigenvalue weighted by Gasteiger charge is 2.08. The zero-order valence-corrected chi connectivity index (χ0v) is 10.8. The molecule has 1 rings (SSSR count). The molecule has 0 bridgehead atoms. The van der Waals surface area contributed by atoms with Crippen LogP contribution >= 0.6 is 11.6 Å². The molecule has 17 heavy (non-hydrogen) atoms. The van der Waals surface area contributed by atoms with Gasteiger partial charge in [0.2, 0.25) is 0 Å². The lowest BCUT2D eigenvalue weighted by Gasteiger charge is -2.18. The van der Waals surface area contributed by atoms with Gasteiger partial charge in [-0.25, -0.2) is 4.39 Å². The van der Waals surface area contributed by atoms with Gasteiger partial charge in [-0.05, 0) is 32.0 Å². The molecule has 0 fully saturated rings. The molecule has 0 aliphatic rings. The Balaban J connectivity index is 2.49. The number of anilines is 1. The first-order valence-electron chi connectivity index (χ1n) is 5.59. The van der Waals surface area contributed by atoms with Crippen LogP contribution in [0.1, 0.15) is 13.8 Å². The first-order chi connectivity index (χ1) is 8.17. The second-order valence-electron chi connectivity index (χ2n) is 3.35. The summed E-state index contributed by atoms with van der Waals surface area (Å²) in [7, 11) is 0. The third kappa shape index (κ3) is 4.89. The van der Waals surface area contributed by atoms with Gasteiger partial charge in [0.25, 0.3) is 0 Å². The van der Waals surface area contributed by atoms with Crippen LogP contribution in [0.2, 0.25) is 5.02 Å². The Morgan fingerprint density at radius 2 is 1.94 bits per heavy atom. The van der Waals surface area contributed by atoms with Crippen molar-refractivity contribution in [2.75, 3.05) is 25.1 Å². The molecule has 0 saturated carbocycles. The molecule has 5 heteroatoms. The summed E-state index contributed by atoms with van der Waals surface area (Å²) in [6.07, 6.45) is -0.311. The number of hydrogen-bond acceptors (Lipinski definition) is 3. The molecule has 0 spiro atoms. The third-order valence-electron chi connectivity index (χ3n) is 2.10. The Morgan fingerprint density at radius 3 is 2.47 bits per heavy atom. The van der Waals surface area contributed by atoms with Crippen LogP contribution in [0.25, 0.3) is 0 Å². The van der Waals surface area contributed by atoms with E-state index in [9.17, 15) is 4.39 Å². The van der Waals surface area contributed by atoms with E-state index in [0.717, 1.165) is 5.69 Å². The molecule has 0 saturated heterocycles. The Labute approximate surface area is 106 Å². The molecular weight excluding hydrogens is 245 g/mol. The summed E-state index contributed by atoms with van der Waals surface area (Å²) in [6.45, 7) is 5.46. The average molecular weight is 262 g/mol. The summed E-state index contributed by atoms with van der Waals surface area (Å²) in [5, 5.41) is 3.18. The van der Waals surface area contributed by atoms with Gasteiger partial charge >= 0.3 is 0 Å². The van der Waals surface area contributed by atoms with Gasteiger partial charge in [-0.15, -0.1) is 0 Å². The Hall–Kier alpha value is -0.840. The van der Waals surface area contributed by atoms with Crippen molar-refractivity contribution in [3.05, 3.63) is 29.0 Å². The highest BCUT2D eigenvalue weighted by molar-refractivity contribution is 6.31. The van der Waals surface area contributed by atoms with Gasteiger partial charge in [0.05, 0.1) is 11.6 Å². The van der Waals surface area contributed by atoms with E-state index < -0.39 is 5.82 Å². The van der Waals surface area contributed by atoms with Crippen LogP contribution in [0.5, 0.6) is 0 Å². The van der Waals surface area contributed by atoms with Gasteiger partial charge in [-0.3, -0.25) is 0 Å². The lowest BCUT2D eigenvalue weighted by atomic mass is 10.3. The molecule has 1 N–H and O–H groups in total. The van der Waals surface area contributed by atoms with Crippen LogP contribution in [-0.4, -0.2) is 26.0 Å². The van der Waals surface area contributed by atoms with Gasteiger partial charge in [0.15, 0.2) is 6.29 Å². The fourth-order valence-electron chi connectivity index (χ4n) is 1.35. The Bertz CT molecular complexity index is 343. The smallest absolute Gasteiger partial charge is 0.174 e. The number of benzene rings is 1. The van der Waals surface area contributed by atoms with Crippen LogP contribution < -0.4 is 5.32 Å². The highest BCUT2D eigenvalue weighted by Crippen LogP contribution is 2.19. The van der Waals surface area contributed by atoms with Crippen LogP contribution in [0.3, 0.4) is 0 Å². The van der Waals surface area contributed by atoms with Crippen molar-refractivity contribution in [1.82, 2.24) is 0 Å². The van der Waals surface area contributed by atoms with Crippen molar-refractivity contribution < 1.29 is 13.9 Å². The third-order valence-corrected chi connectivity index (χ3v) is 2.39. The topological polar surface area (TPSA) is 30.5 Å². The number of nitrogens with one attached hydrogen (secondary N) is 1. The van der Waals surface area contributed by atoms with Crippen molar-refractivity contribution in [3.63, 3.8) is 0 Å². The van der Waals surface area contributed by atoms with Crippen molar-refractivity contribution in [3.8, 4) is 0 Å². The van der Waals surface area contributed by atoms with E-state index in [1.54, 1.807) is 6.07 Å². The minimum Gasteiger partial charge on any atom is -0.380 e. The summed E-state index contributed by atoms with van der Waals surface area (Å²) in [6, 6.07) is 4.48. The molecular formula is C12H17ClFNO2. The minimum atomic E-state index is -0.427. The summed E-state index contributed by atoms with van der Waals surface area (Å²) in [4.78, 5) is 0. The SMILES string of the molecule is CCOC(CNc1ccc(F)c(Cl)c1)OCC. The lowest BCUT2D eigenvalue weighted by molar-refractivity contribution is -0.126. The van der Waals surface area contributed by atoms with Crippen LogP contribution in [0, 0.1) is 5.82 Å². The van der Waals surface area contributed by atoms with E-state index in [-0.39, 0.29) is 11.3 Å². The molecule has 0 aliphatic heterocycles. The maximum Gasteiger partial charge on any atom is 0.174 e. The quantitative estimate of drug-likeness (QED) is 0.764. The van der Waals surface area contributed by atoms with Crippen molar-refractivity contribution in [1.29, 1.82) is 0 Å². The maximum absolute atomic E-state index is 12.9. The first kappa shape index (κ1) is 14.2. The molecule has 1 aromatic carbocycles. The molecule has 96 valence electrons. The number of hydrogen-bond donors (Lipinski definition) is 1. The molecule has 0 amide bonds. The predicted molar refractivity (Wildman–Crippen MR) is 66.9 cm³/mol. The van der Waals surface area contributed by atoms with E-state index >= 15 is 0 Å². The molecule has 3 nitrogen and oxygen atoms in total. The van der Waals surface area contributed by atoms with Gasteiger partial charge in [-0.1, -0.05) is 11.6 Å². The fraction of sp³-hybridized carbons (Fsp3) is 0.500. The van der Waals surface area contributed by atoms with Crippen molar-refractivity contribution in [2.45, 2.75) is 20.1 Å². The van der Waals surface area contributed by atoms with Gasteiger partial charge < -0.3 is 14.8 Å². The Morgan fingerprint density at radius 1 is 1.29 bits per heavy atom. The van der Waals surface area contributed by atoms with Crippen LogP contribution in [0.4, 0.5) is 10.1 Å². The zero-order valence-electron chi connectivity index (χ0n) is 10.0. The predicted octanol–water partition coefficient (Wildman–Crippen LogP) is 3.29. The molecule has 0 radical (unpaired) electrons. The molecule has 0 heterocycles. The number of rotatable bonds is 7. The second kappa shape index (κ2) is 7.48. The molecule has 0 unspecified atom stereocenters. The van der Waals surface area contributed by atoms with Gasteiger partial charge in [-0.2, -0.15) is 0 Å². The normalized spacial score (nSPS) is 10.9. The fourth-order valence-corrected chi connectivity index (χ4v) is 1.53. The standard InChI is InChI=1S/C12H17ClFNO2/c1-3-16-12(17-4-2)8-15-9-5-6-11(14)10(13)7-9/h5-7,12,15H,3-4,8H2,1-2H3. The molecule has 0 aromatic heterocycles. The monoisotopic (exact) mass is 261 g/mol. The second-order valence-corrected chi connectivity index (χ2v) is 3.76. The van der Waals surface area contributed by atoms with Crippen LogP contribution in [0.15, 0.2) is 18.2 Å². The molecule has 0 atom stereocenters. The molecule has 1 aromatic rings. The molecule has 0 aliphatic carbocycles. The Kier molecular flexibility index (Phi) is 6.26.